The molecule has 0 radical (unpaired) electrons. The van der Waals surface area contributed by atoms with E-state index in [1.54, 1.807) is 0 Å². The molecule has 0 fully saturated rings. The van der Waals surface area contributed by atoms with Crippen molar-refractivity contribution in [2.45, 2.75) is 0 Å². The molecule has 0 aliphatic carbocycles. The fraction of sp³-hybridized carbons (Fsp3) is 0. The van der Waals surface area contributed by atoms with Gasteiger partial charge in [-0.1, -0.05) is 394 Å². The lowest BCUT2D eigenvalue weighted by Gasteiger charge is -2.13. The molecule has 21 aromatic carbocycles. The Balaban J connectivity index is 0.000000107. The zero-order valence-electron chi connectivity index (χ0n) is 80.1. The van der Waals surface area contributed by atoms with Crippen molar-refractivity contribution in [3.05, 3.63) is 528 Å². The standard InChI is InChI=1S/2C46H29N3S.C45H29N3/c1-3-13-30(14-4-1)32-17-11-18-34(27-32)40-29-41(39-22-12-21-38-37-20-8-10-24-44(37)50-45(38)39)48-46(47-40)49-42-23-9-7-19-35(42)36-26-25-33(28-43(36)49)31-15-5-2-6-16-31;1-3-13-30(14-4-1)32-17-11-18-33(27-32)34-25-26-36-35-19-7-9-23-42(35)49(43(36)28-34)46-47-40(31-15-5-2-6-16-31)29-41(48-46)39-22-12-21-38-37-20-8-10-24-44(37)50-45(38)39;1-2-12-34(13-3-1)47-41-17-6-4-14-37(41)39-28-32(21-25-43(39)47)33-22-26-44-40(29-33)38-15-5-7-18-42(38)48(44)35-23-19-30(20-24-35)36-16-8-10-31-11-9-27-46-45(31)36/h2*1-29H;1-29H. The molecule has 692 valence electrons. The van der Waals surface area contributed by atoms with Crippen LogP contribution in [0, 0.1) is 0 Å². The molecule has 148 heavy (non-hydrogen) atoms. The van der Waals surface area contributed by atoms with E-state index in [2.05, 4.69) is 533 Å². The second-order valence-corrected chi connectivity index (χ2v) is 39.8. The van der Waals surface area contributed by atoms with E-state index in [0.717, 1.165) is 112 Å². The van der Waals surface area contributed by atoms with Gasteiger partial charge in [-0.15, -0.1) is 22.7 Å². The van der Waals surface area contributed by atoms with E-state index in [4.69, 9.17) is 19.9 Å². The monoisotopic (exact) mass is 1920 g/mol. The summed E-state index contributed by atoms with van der Waals surface area (Å²) in [7, 11) is 0. The molecule has 9 aromatic heterocycles. The molecule has 0 N–H and O–H groups in total. The number of hydrogen-bond donors (Lipinski definition) is 0. The topological polar surface area (TPSA) is 84.2 Å². The first-order chi connectivity index (χ1) is 73.4. The van der Waals surface area contributed by atoms with Crippen molar-refractivity contribution < 1.29 is 0 Å². The van der Waals surface area contributed by atoms with Crippen molar-refractivity contribution >= 4 is 161 Å². The van der Waals surface area contributed by atoms with Gasteiger partial charge in [0.05, 0.1) is 72.4 Å². The number of pyridine rings is 1. The minimum absolute atomic E-state index is 0.650. The molecule has 0 bridgehead atoms. The average Bonchev–Trinajstić information content (AvgIpc) is 1.58. The Labute approximate surface area is 860 Å². The summed E-state index contributed by atoms with van der Waals surface area (Å²) in [6.07, 6.45) is 1.87. The van der Waals surface area contributed by atoms with Gasteiger partial charge < -0.3 is 9.13 Å². The van der Waals surface area contributed by atoms with E-state index in [1.807, 2.05) is 41.0 Å². The Kier molecular flexibility index (Phi) is 21.5. The maximum absolute atomic E-state index is 5.43. The summed E-state index contributed by atoms with van der Waals surface area (Å²) in [4.78, 5) is 26.2. The quantitative estimate of drug-likeness (QED) is 0.108. The molecule has 0 spiro atoms. The van der Waals surface area contributed by atoms with Gasteiger partial charge in [0.2, 0.25) is 11.9 Å². The molecule has 0 amide bonds. The normalized spacial score (nSPS) is 11.6. The first-order valence-corrected chi connectivity index (χ1v) is 51.7. The van der Waals surface area contributed by atoms with Crippen LogP contribution in [0.4, 0.5) is 0 Å². The summed E-state index contributed by atoms with van der Waals surface area (Å²) in [5.74, 6) is 1.30. The van der Waals surface area contributed by atoms with Gasteiger partial charge in [0.25, 0.3) is 0 Å². The fourth-order valence-corrected chi connectivity index (χ4v) is 24.5. The molecular formula is C137H87N9S2. The summed E-state index contributed by atoms with van der Waals surface area (Å²) in [6, 6.07) is 186. The van der Waals surface area contributed by atoms with Gasteiger partial charge >= 0.3 is 0 Å². The fourth-order valence-electron chi connectivity index (χ4n) is 22.1. The highest BCUT2D eigenvalue weighted by Crippen LogP contribution is 2.48. The molecule has 11 heteroatoms. The van der Waals surface area contributed by atoms with E-state index in [-0.39, 0.29) is 0 Å². The van der Waals surface area contributed by atoms with Crippen molar-refractivity contribution in [1.29, 1.82) is 0 Å². The average molecular weight is 1920 g/mol. The summed E-state index contributed by atoms with van der Waals surface area (Å²) in [5.41, 5.74) is 34.5. The van der Waals surface area contributed by atoms with Crippen LogP contribution in [0.2, 0.25) is 0 Å². The van der Waals surface area contributed by atoms with E-state index >= 15 is 0 Å². The van der Waals surface area contributed by atoms with E-state index in [1.165, 1.54) is 150 Å². The van der Waals surface area contributed by atoms with Crippen molar-refractivity contribution in [1.82, 2.24) is 43.2 Å². The van der Waals surface area contributed by atoms with Crippen LogP contribution in [0.1, 0.15) is 0 Å². The van der Waals surface area contributed by atoms with Crippen LogP contribution < -0.4 is 0 Å². The largest absolute Gasteiger partial charge is 0.309 e. The molecule has 30 aromatic rings. The van der Waals surface area contributed by atoms with Gasteiger partial charge in [-0.2, -0.15) is 0 Å². The van der Waals surface area contributed by atoms with Crippen LogP contribution in [0.15, 0.2) is 528 Å². The lowest BCUT2D eigenvalue weighted by Crippen LogP contribution is -2.04. The first-order valence-electron chi connectivity index (χ1n) is 50.0. The molecule has 0 saturated heterocycles. The Morgan fingerprint density at radius 1 is 0.162 bits per heavy atom. The Morgan fingerprint density at radius 2 is 0.473 bits per heavy atom. The van der Waals surface area contributed by atoms with Gasteiger partial charge in [-0.3, -0.25) is 14.1 Å². The second-order valence-electron chi connectivity index (χ2n) is 37.7. The third-order valence-electron chi connectivity index (χ3n) is 29.0. The number of aromatic nitrogens is 9. The highest BCUT2D eigenvalue weighted by molar-refractivity contribution is 7.26. The molecule has 30 rings (SSSR count). The maximum Gasteiger partial charge on any atom is 0.235 e. The summed E-state index contributed by atoms with van der Waals surface area (Å²) in [6.45, 7) is 0. The SMILES string of the molecule is c1ccc(-c2cccc(-c3cc(-c4cccc5c4sc4ccccc45)nc(-n4c5ccccc5c5ccc(-c6ccccc6)cc54)n3)c2)cc1.c1ccc(-c2cccc(-c3ccc4c5ccccc5n(-c5nc(-c6ccccc6)cc(-c6cccc7c6sc6ccccc67)n5)c4c3)c2)cc1.c1ccc(-n2c3ccccc3c3cc(-c4ccc5c(c4)c4ccccc4n5-c4ccc(-c5cccc6cccnc56)cc4)ccc32)cc1. The molecule has 0 atom stereocenters. The van der Waals surface area contributed by atoms with Crippen LogP contribution >= 0.6 is 22.7 Å². The number of benzene rings is 21. The van der Waals surface area contributed by atoms with Crippen LogP contribution in [-0.4, -0.2) is 43.2 Å². The van der Waals surface area contributed by atoms with E-state index in [0.29, 0.717) is 11.9 Å². The number of nitrogens with zero attached hydrogens (tertiary/aromatic N) is 9. The third-order valence-corrected chi connectivity index (χ3v) is 31.5. The molecule has 0 aliphatic heterocycles. The van der Waals surface area contributed by atoms with Gasteiger partial charge in [-0.05, 0) is 189 Å². The van der Waals surface area contributed by atoms with Gasteiger partial charge in [-0.25, -0.2) is 19.9 Å². The summed E-state index contributed by atoms with van der Waals surface area (Å²) < 4.78 is 14.3. The molecule has 9 nitrogen and oxygen atoms in total. The Hall–Kier alpha value is -19.2. The minimum atomic E-state index is 0.650. The number of hydrogen-bond acceptors (Lipinski definition) is 7. The van der Waals surface area contributed by atoms with Gasteiger partial charge in [0, 0.05) is 134 Å². The van der Waals surface area contributed by atoms with E-state index < -0.39 is 0 Å². The molecule has 0 unspecified atom stereocenters. The summed E-state index contributed by atoms with van der Waals surface area (Å²) in [5, 5.41) is 15.9. The zero-order valence-corrected chi connectivity index (χ0v) is 81.7. The lowest BCUT2D eigenvalue weighted by atomic mass is 9.98. The van der Waals surface area contributed by atoms with Crippen molar-refractivity contribution in [3.8, 4) is 135 Å². The zero-order chi connectivity index (χ0) is 97.6. The Bertz CT molecular complexity index is 10400. The number of thiophene rings is 2. The molecular weight excluding hydrogens is 1840 g/mol. The van der Waals surface area contributed by atoms with Crippen LogP contribution in [-0.2, 0) is 0 Å². The number of fused-ring (bicyclic) bond motifs is 19. The predicted octanol–water partition coefficient (Wildman–Crippen LogP) is 37.0. The van der Waals surface area contributed by atoms with Gasteiger partial charge in [0.1, 0.15) is 0 Å². The highest BCUT2D eigenvalue weighted by Gasteiger charge is 2.26. The smallest absolute Gasteiger partial charge is 0.235 e. The Morgan fingerprint density at radius 3 is 0.966 bits per heavy atom. The molecule has 9 heterocycles. The second kappa shape index (κ2) is 36.7. The van der Waals surface area contributed by atoms with Crippen LogP contribution in [0.25, 0.3) is 274 Å². The predicted molar refractivity (Wildman–Crippen MR) is 623 cm³/mol. The first kappa shape index (κ1) is 86.7. The molecule has 0 aliphatic rings. The van der Waals surface area contributed by atoms with Crippen LogP contribution in [0.5, 0.6) is 0 Å². The molecule has 0 saturated carbocycles. The van der Waals surface area contributed by atoms with E-state index in [9.17, 15) is 0 Å². The summed E-state index contributed by atoms with van der Waals surface area (Å²) >= 11 is 3.65. The number of rotatable bonds is 14. The van der Waals surface area contributed by atoms with Crippen LogP contribution in [0.3, 0.4) is 0 Å². The van der Waals surface area contributed by atoms with Crippen molar-refractivity contribution in [2.75, 3.05) is 0 Å². The van der Waals surface area contributed by atoms with Crippen molar-refractivity contribution in [3.63, 3.8) is 0 Å². The maximum atomic E-state index is 5.43. The third kappa shape index (κ3) is 15.3. The van der Waals surface area contributed by atoms with Crippen molar-refractivity contribution in [2.24, 2.45) is 0 Å². The number of para-hydroxylation sites is 6. The highest BCUT2D eigenvalue weighted by atomic mass is 32.1. The lowest BCUT2D eigenvalue weighted by molar-refractivity contribution is 0.996. The van der Waals surface area contributed by atoms with Gasteiger partial charge in [0.15, 0.2) is 0 Å². The minimum Gasteiger partial charge on any atom is -0.309 e.